The number of rotatable bonds is 3. The quantitative estimate of drug-likeness (QED) is 0.899. The van der Waals surface area contributed by atoms with E-state index in [1.54, 1.807) is 0 Å². The SMILES string of the molecule is CSC1CCCCC1NC(=O)c1ccc2c(c1)NCC2. The van der Waals surface area contributed by atoms with Crippen molar-refractivity contribution in [3.05, 3.63) is 29.3 Å². The van der Waals surface area contributed by atoms with Gasteiger partial charge in [0.2, 0.25) is 0 Å². The average molecular weight is 290 g/mol. The van der Waals surface area contributed by atoms with E-state index in [0.29, 0.717) is 11.3 Å². The van der Waals surface area contributed by atoms with Crippen molar-refractivity contribution in [3.8, 4) is 0 Å². The number of amides is 1. The summed E-state index contributed by atoms with van der Waals surface area (Å²) in [6.07, 6.45) is 8.07. The highest BCUT2D eigenvalue weighted by Crippen LogP contribution is 2.28. The van der Waals surface area contributed by atoms with Crippen molar-refractivity contribution in [2.24, 2.45) is 0 Å². The van der Waals surface area contributed by atoms with Crippen LogP contribution in [0.4, 0.5) is 5.69 Å². The van der Waals surface area contributed by atoms with Gasteiger partial charge in [0.15, 0.2) is 0 Å². The molecule has 1 aromatic rings. The van der Waals surface area contributed by atoms with Gasteiger partial charge < -0.3 is 10.6 Å². The van der Waals surface area contributed by atoms with Crippen LogP contribution in [0, 0.1) is 0 Å². The van der Waals surface area contributed by atoms with Gasteiger partial charge in [0.05, 0.1) is 0 Å². The summed E-state index contributed by atoms with van der Waals surface area (Å²) < 4.78 is 0. The van der Waals surface area contributed by atoms with Gasteiger partial charge >= 0.3 is 0 Å². The second kappa shape index (κ2) is 6.08. The summed E-state index contributed by atoms with van der Waals surface area (Å²) >= 11 is 1.88. The van der Waals surface area contributed by atoms with Gasteiger partial charge in [0.1, 0.15) is 0 Å². The Morgan fingerprint density at radius 1 is 1.35 bits per heavy atom. The predicted molar refractivity (Wildman–Crippen MR) is 85.7 cm³/mol. The summed E-state index contributed by atoms with van der Waals surface area (Å²) in [5.41, 5.74) is 3.23. The Kier molecular flexibility index (Phi) is 4.20. The van der Waals surface area contributed by atoms with Gasteiger partial charge in [-0.15, -0.1) is 0 Å². The first-order valence-electron chi connectivity index (χ1n) is 7.48. The number of thioether (sulfide) groups is 1. The van der Waals surface area contributed by atoms with Gasteiger partial charge in [-0.25, -0.2) is 0 Å². The van der Waals surface area contributed by atoms with Crippen LogP contribution in [0.2, 0.25) is 0 Å². The number of carbonyl (C=O) groups excluding carboxylic acids is 1. The zero-order chi connectivity index (χ0) is 13.9. The number of hydrogen-bond acceptors (Lipinski definition) is 3. The Bertz CT molecular complexity index is 503. The maximum atomic E-state index is 12.4. The van der Waals surface area contributed by atoms with Crippen LogP contribution < -0.4 is 10.6 Å². The van der Waals surface area contributed by atoms with Gasteiger partial charge in [0, 0.05) is 29.1 Å². The molecular weight excluding hydrogens is 268 g/mol. The molecule has 0 bridgehead atoms. The average Bonchev–Trinajstić information content (AvgIpc) is 2.95. The summed E-state index contributed by atoms with van der Waals surface area (Å²) in [6.45, 7) is 0.984. The largest absolute Gasteiger partial charge is 0.384 e. The maximum absolute atomic E-state index is 12.4. The molecule has 3 nitrogen and oxygen atoms in total. The number of fused-ring (bicyclic) bond motifs is 1. The zero-order valence-electron chi connectivity index (χ0n) is 11.9. The molecule has 1 aliphatic heterocycles. The van der Waals surface area contributed by atoms with Crippen LogP contribution in [0.3, 0.4) is 0 Å². The van der Waals surface area contributed by atoms with Gasteiger partial charge in [-0.1, -0.05) is 18.9 Å². The number of nitrogens with one attached hydrogen (secondary N) is 2. The minimum Gasteiger partial charge on any atom is -0.384 e. The lowest BCUT2D eigenvalue weighted by Crippen LogP contribution is -2.43. The highest BCUT2D eigenvalue weighted by Gasteiger charge is 2.26. The fraction of sp³-hybridized carbons (Fsp3) is 0.562. The lowest BCUT2D eigenvalue weighted by molar-refractivity contribution is 0.0929. The van der Waals surface area contributed by atoms with Crippen LogP contribution in [0.25, 0.3) is 0 Å². The second-order valence-electron chi connectivity index (χ2n) is 5.69. The lowest BCUT2D eigenvalue weighted by atomic mass is 9.94. The summed E-state index contributed by atoms with van der Waals surface area (Å²) in [4.78, 5) is 12.4. The smallest absolute Gasteiger partial charge is 0.251 e. The van der Waals surface area contributed by atoms with Crippen molar-refractivity contribution in [2.75, 3.05) is 18.1 Å². The van der Waals surface area contributed by atoms with Crippen LogP contribution in [-0.2, 0) is 6.42 Å². The Hall–Kier alpha value is -1.16. The van der Waals surface area contributed by atoms with E-state index < -0.39 is 0 Å². The first kappa shape index (κ1) is 13.8. The number of carbonyl (C=O) groups is 1. The molecule has 2 atom stereocenters. The molecular formula is C16H22N2OS. The van der Waals surface area contributed by atoms with Crippen molar-refractivity contribution in [3.63, 3.8) is 0 Å². The van der Waals surface area contributed by atoms with Gasteiger partial charge in [-0.2, -0.15) is 11.8 Å². The topological polar surface area (TPSA) is 41.1 Å². The van der Waals surface area contributed by atoms with Gasteiger partial charge in [-0.3, -0.25) is 4.79 Å². The van der Waals surface area contributed by atoms with Crippen LogP contribution in [0.15, 0.2) is 18.2 Å². The summed E-state index contributed by atoms with van der Waals surface area (Å²) in [6, 6.07) is 6.36. The fourth-order valence-corrected chi connectivity index (χ4v) is 4.16. The van der Waals surface area contributed by atoms with E-state index in [-0.39, 0.29) is 5.91 Å². The highest BCUT2D eigenvalue weighted by atomic mass is 32.2. The first-order chi connectivity index (χ1) is 9.78. The maximum Gasteiger partial charge on any atom is 0.251 e. The summed E-state index contributed by atoms with van der Waals surface area (Å²) in [5, 5.41) is 7.14. The predicted octanol–water partition coefficient (Wildman–Crippen LogP) is 3.06. The van der Waals surface area contributed by atoms with E-state index >= 15 is 0 Å². The lowest BCUT2D eigenvalue weighted by Gasteiger charge is -2.31. The van der Waals surface area contributed by atoms with Crippen molar-refractivity contribution < 1.29 is 4.79 Å². The van der Waals surface area contributed by atoms with Crippen molar-refractivity contribution >= 4 is 23.4 Å². The normalized spacial score (nSPS) is 24.9. The molecule has 108 valence electrons. The van der Waals surface area contributed by atoms with E-state index in [1.807, 2.05) is 23.9 Å². The minimum absolute atomic E-state index is 0.0763. The molecule has 20 heavy (non-hydrogen) atoms. The standard InChI is InChI=1S/C16H22N2OS/c1-20-15-5-3-2-4-13(15)18-16(19)12-7-6-11-8-9-17-14(11)10-12/h6-7,10,13,15,17H,2-5,8-9H2,1H3,(H,18,19). The summed E-state index contributed by atoms with van der Waals surface area (Å²) in [7, 11) is 0. The molecule has 1 heterocycles. The number of anilines is 1. The van der Waals surface area contributed by atoms with Crippen LogP contribution in [-0.4, -0.2) is 30.0 Å². The van der Waals surface area contributed by atoms with Crippen molar-refractivity contribution in [2.45, 2.75) is 43.4 Å². The molecule has 0 aromatic heterocycles. The van der Waals surface area contributed by atoms with Crippen molar-refractivity contribution in [1.82, 2.24) is 5.32 Å². The number of hydrogen-bond donors (Lipinski definition) is 2. The molecule has 1 saturated carbocycles. The molecule has 3 rings (SSSR count). The van der Waals surface area contributed by atoms with E-state index in [2.05, 4.69) is 23.0 Å². The van der Waals surface area contributed by atoms with E-state index in [0.717, 1.165) is 30.6 Å². The number of benzene rings is 1. The van der Waals surface area contributed by atoms with Crippen LogP contribution in [0.5, 0.6) is 0 Å². The molecule has 2 aliphatic rings. The van der Waals surface area contributed by atoms with Gasteiger partial charge in [-0.05, 0) is 43.2 Å². The Morgan fingerprint density at radius 2 is 2.20 bits per heavy atom. The Labute approximate surface area is 124 Å². The van der Waals surface area contributed by atoms with Gasteiger partial charge in [0.25, 0.3) is 5.91 Å². The molecule has 2 N–H and O–H groups in total. The molecule has 1 fully saturated rings. The van der Waals surface area contributed by atoms with E-state index in [1.165, 1.54) is 24.8 Å². The third-order valence-electron chi connectivity index (χ3n) is 4.40. The minimum atomic E-state index is 0.0763. The third kappa shape index (κ3) is 2.80. The van der Waals surface area contributed by atoms with Crippen LogP contribution >= 0.6 is 11.8 Å². The molecule has 0 radical (unpaired) electrons. The molecule has 1 amide bonds. The molecule has 2 unspecified atom stereocenters. The van der Waals surface area contributed by atoms with Crippen LogP contribution in [0.1, 0.15) is 41.6 Å². The Morgan fingerprint density at radius 3 is 3.05 bits per heavy atom. The molecule has 0 saturated heterocycles. The highest BCUT2D eigenvalue weighted by molar-refractivity contribution is 7.99. The third-order valence-corrected chi connectivity index (χ3v) is 5.57. The molecule has 1 aliphatic carbocycles. The molecule has 4 heteroatoms. The summed E-state index contributed by atoms with van der Waals surface area (Å²) in [5.74, 6) is 0.0763. The first-order valence-corrected chi connectivity index (χ1v) is 8.77. The second-order valence-corrected chi connectivity index (χ2v) is 6.76. The Balaban J connectivity index is 1.69. The zero-order valence-corrected chi connectivity index (χ0v) is 12.8. The van der Waals surface area contributed by atoms with E-state index in [9.17, 15) is 4.79 Å². The monoisotopic (exact) mass is 290 g/mol. The van der Waals surface area contributed by atoms with E-state index in [4.69, 9.17) is 0 Å². The molecule has 1 aromatic carbocycles. The molecule has 0 spiro atoms. The van der Waals surface area contributed by atoms with Crippen molar-refractivity contribution in [1.29, 1.82) is 0 Å². The fourth-order valence-electron chi connectivity index (χ4n) is 3.23.